The van der Waals surface area contributed by atoms with Gasteiger partial charge in [0.05, 0.1) is 12.8 Å². The Balaban J connectivity index is 2.56. The van der Waals surface area contributed by atoms with Crippen LogP contribution in [0.3, 0.4) is 0 Å². The summed E-state index contributed by atoms with van der Waals surface area (Å²) in [7, 11) is -3.77. The monoisotopic (exact) mass is 353 g/mol. The molecule has 0 unspecified atom stereocenters. The molecule has 0 aliphatic heterocycles. The minimum absolute atomic E-state index is 0.187. The average molecular weight is 353 g/mol. The predicted molar refractivity (Wildman–Crippen MR) is 70.0 cm³/mol. The second-order valence-electron chi connectivity index (χ2n) is 4.24. The maximum absolute atomic E-state index is 13.6. The molecule has 0 atom stereocenters. The van der Waals surface area contributed by atoms with Crippen molar-refractivity contribution in [3.63, 3.8) is 0 Å². The molecule has 124 valence electrons. The summed E-state index contributed by atoms with van der Waals surface area (Å²) in [5.74, 6) is -11.8. The van der Waals surface area contributed by atoms with Crippen LogP contribution in [0.1, 0.15) is 0 Å². The van der Waals surface area contributed by atoms with Crippen molar-refractivity contribution >= 4 is 15.7 Å². The SMILES string of the molecule is COc1cccc(NS(=O)(=O)c2c(F)c(F)c(F)c(F)c2F)c1. The van der Waals surface area contributed by atoms with E-state index in [9.17, 15) is 30.4 Å². The Morgan fingerprint density at radius 2 is 1.43 bits per heavy atom. The number of sulfonamides is 1. The van der Waals surface area contributed by atoms with Crippen molar-refractivity contribution in [2.75, 3.05) is 11.8 Å². The maximum atomic E-state index is 13.6. The van der Waals surface area contributed by atoms with Gasteiger partial charge in [-0.2, -0.15) is 0 Å². The number of rotatable bonds is 4. The van der Waals surface area contributed by atoms with E-state index in [4.69, 9.17) is 4.74 Å². The number of benzene rings is 2. The van der Waals surface area contributed by atoms with Crippen molar-refractivity contribution in [1.29, 1.82) is 0 Å². The first kappa shape index (κ1) is 17.0. The average Bonchev–Trinajstić information content (AvgIpc) is 2.50. The zero-order valence-corrected chi connectivity index (χ0v) is 12.1. The lowest BCUT2D eigenvalue weighted by atomic mass is 10.3. The van der Waals surface area contributed by atoms with E-state index >= 15 is 0 Å². The number of anilines is 1. The molecule has 0 aliphatic rings. The summed E-state index contributed by atoms with van der Waals surface area (Å²) < 4.78 is 96.8. The molecule has 0 aromatic heterocycles. The number of halogens is 5. The standard InChI is InChI=1S/C13H8F5NO3S/c1-22-7-4-2-3-6(5-7)19-23(20,21)13-11(17)9(15)8(14)10(16)12(13)18/h2-5,19H,1H3. The molecule has 0 radical (unpaired) electrons. The Hall–Kier alpha value is -2.36. The second kappa shape index (κ2) is 6.03. The molecule has 2 aromatic rings. The van der Waals surface area contributed by atoms with Gasteiger partial charge in [-0.05, 0) is 12.1 Å². The zero-order chi connectivity index (χ0) is 17.4. The summed E-state index contributed by atoms with van der Waals surface area (Å²) >= 11 is 0. The fraction of sp³-hybridized carbons (Fsp3) is 0.0769. The van der Waals surface area contributed by atoms with E-state index in [2.05, 4.69) is 0 Å². The van der Waals surface area contributed by atoms with Gasteiger partial charge in [0.25, 0.3) is 10.0 Å². The van der Waals surface area contributed by atoms with Gasteiger partial charge < -0.3 is 4.74 Å². The smallest absolute Gasteiger partial charge is 0.267 e. The summed E-state index contributed by atoms with van der Waals surface area (Å²) in [5.41, 5.74) is -0.187. The van der Waals surface area contributed by atoms with Crippen LogP contribution in [0.2, 0.25) is 0 Å². The molecule has 0 saturated heterocycles. The Morgan fingerprint density at radius 1 is 0.913 bits per heavy atom. The van der Waals surface area contributed by atoms with E-state index < -0.39 is 44.0 Å². The van der Waals surface area contributed by atoms with Crippen molar-refractivity contribution in [1.82, 2.24) is 0 Å². The van der Waals surface area contributed by atoms with Crippen molar-refractivity contribution in [2.45, 2.75) is 4.90 Å². The van der Waals surface area contributed by atoms with E-state index in [1.807, 2.05) is 0 Å². The Morgan fingerprint density at radius 3 is 1.96 bits per heavy atom. The van der Waals surface area contributed by atoms with E-state index in [1.165, 1.54) is 25.3 Å². The molecule has 0 amide bonds. The van der Waals surface area contributed by atoms with Crippen molar-refractivity contribution in [3.8, 4) is 5.75 Å². The molecule has 2 rings (SSSR count). The van der Waals surface area contributed by atoms with Crippen LogP contribution in [0.15, 0.2) is 29.2 Å². The third-order valence-electron chi connectivity index (χ3n) is 2.76. The molecule has 0 spiro atoms. The number of hydrogen-bond acceptors (Lipinski definition) is 3. The number of methoxy groups -OCH3 is 1. The minimum Gasteiger partial charge on any atom is -0.497 e. The van der Waals surface area contributed by atoms with Gasteiger partial charge in [-0.25, -0.2) is 30.4 Å². The first-order valence-electron chi connectivity index (χ1n) is 5.87. The number of nitrogens with one attached hydrogen (secondary N) is 1. The van der Waals surface area contributed by atoms with Crippen LogP contribution < -0.4 is 9.46 Å². The zero-order valence-electron chi connectivity index (χ0n) is 11.3. The van der Waals surface area contributed by atoms with Gasteiger partial charge in [-0.3, -0.25) is 4.72 Å². The lowest BCUT2D eigenvalue weighted by Gasteiger charge is -2.12. The van der Waals surface area contributed by atoms with Crippen LogP contribution in [0.5, 0.6) is 5.75 Å². The normalized spacial score (nSPS) is 11.4. The molecule has 23 heavy (non-hydrogen) atoms. The van der Waals surface area contributed by atoms with E-state index in [-0.39, 0.29) is 11.4 Å². The molecule has 10 heteroatoms. The van der Waals surface area contributed by atoms with Crippen LogP contribution in [0, 0.1) is 29.1 Å². The molecule has 0 fully saturated rings. The van der Waals surface area contributed by atoms with Crippen LogP contribution in [-0.2, 0) is 10.0 Å². The van der Waals surface area contributed by atoms with Gasteiger partial charge in [-0.15, -0.1) is 0 Å². The van der Waals surface area contributed by atoms with E-state index in [0.29, 0.717) is 0 Å². The van der Waals surface area contributed by atoms with Crippen molar-refractivity contribution in [2.24, 2.45) is 0 Å². The molecule has 0 bridgehead atoms. The summed E-state index contributed by atoms with van der Waals surface area (Å²) in [6, 6.07) is 5.17. The second-order valence-corrected chi connectivity index (χ2v) is 5.86. The Bertz CT molecular complexity index is 841. The van der Waals surface area contributed by atoms with Gasteiger partial charge >= 0.3 is 0 Å². The van der Waals surface area contributed by atoms with Gasteiger partial charge in [0.1, 0.15) is 5.75 Å². The molecule has 1 N–H and O–H groups in total. The Labute approximate surface area is 127 Å². The van der Waals surface area contributed by atoms with Crippen LogP contribution in [-0.4, -0.2) is 15.5 Å². The highest BCUT2D eigenvalue weighted by molar-refractivity contribution is 7.92. The largest absolute Gasteiger partial charge is 0.497 e. The van der Waals surface area contributed by atoms with E-state index in [1.54, 1.807) is 4.72 Å². The molecule has 4 nitrogen and oxygen atoms in total. The highest BCUT2D eigenvalue weighted by Gasteiger charge is 2.33. The summed E-state index contributed by atoms with van der Waals surface area (Å²) in [5, 5.41) is 0. The Kier molecular flexibility index (Phi) is 4.46. The highest BCUT2D eigenvalue weighted by Crippen LogP contribution is 2.28. The third-order valence-corrected chi connectivity index (χ3v) is 4.16. The first-order valence-corrected chi connectivity index (χ1v) is 7.35. The van der Waals surface area contributed by atoms with Crippen molar-refractivity contribution in [3.05, 3.63) is 53.4 Å². The predicted octanol–water partition coefficient (Wildman–Crippen LogP) is 3.19. The van der Waals surface area contributed by atoms with Crippen molar-refractivity contribution < 1.29 is 35.1 Å². The first-order chi connectivity index (χ1) is 10.7. The fourth-order valence-electron chi connectivity index (χ4n) is 1.71. The van der Waals surface area contributed by atoms with Gasteiger partial charge in [0.15, 0.2) is 28.2 Å². The van der Waals surface area contributed by atoms with E-state index in [0.717, 1.165) is 6.07 Å². The lowest BCUT2D eigenvalue weighted by molar-refractivity contribution is 0.358. The fourth-order valence-corrected chi connectivity index (χ4v) is 2.90. The molecule has 0 saturated carbocycles. The topological polar surface area (TPSA) is 55.4 Å². The highest BCUT2D eigenvalue weighted by atomic mass is 32.2. The minimum atomic E-state index is -5.06. The van der Waals surface area contributed by atoms with Crippen LogP contribution in [0.4, 0.5) is 27.6 Å². The summed E-state index contributed by atoms with van der Waals surface area (Å²) in [6.45, 7) is 0. The lowest BCUT2D eigenvalue weighted by Crippen LogP contribution is -2.19. The molecule has 0 heterocycles. The molecular weight excluding hydrogens is 345 g/mol. The van der Waals surface area contributed by atoms with Crippen LogP contribution in [0.25, 0.3) is 0 Å². The number of ether oxygens (including phenoxy) is 1. The van der Waals surface area contributed by atoms with Gasteiger partial charge in [0, 0.05) is 6.07 Å². The number of hydrogen-bond donors (Lipinski definition) is 1. The van der Waals surface area contributed by atoms with Gasteiger partial charge in [0.2, 0.25) is 5.82 Å². The van der Waals surface area contributed by atoms with Crippen LogP contribution >= 0.6 is 0 Å². The molecular formula is C13H8F5NO3S. The molecule has 0 aliphatic carbocycles. The van der Waals surface area contributed by atoms with Gasteiger partial charge in [-0.1, -0.05) is 6.07 Å². The summed E-state index contributed by atoms with van der Waals surface area (Å²) in [4.78, 5) is -1.96. The summed E-state index contributed by atoms with van der Waals surface area (Å²) in [6.07, 6.45) is 0. The maximum Gasteiger partial charge on any atom is 0.267 e. The third kappa shape index (κ3) is 3.07. The quantitative estimate of drug-likeness (QED) is 0.522. The molecule has 2 aromatic carbocycles.